The van der Waals surface area contributed by atoms with Crippen molar-refractivity contribution in [1.82, 2.24) is 0 Å². The second-order valence-electron chi connectivity index (χ2n) is 4.67. The van der Waals surface area contributed by atoms with Crippen molar-refractivity contribution in [3.05, 3.63) is 29.0 Å². The number of hydrogen-bond acceptors (Lipinski definition) is 2. The Morgan fingerprint density at radius 2 is 1.94 bits per heavy atom. The molecule has 0 bridgehead atoms. The fraction of sp³-hybridized carbons (Fsp3) is 0.538. The summed E-state index contributed by atoms with van der Waals surface area (Å²) in [6.07, 6.45) is 2.18. The molecule has 0 amide bonds. The van der Waals surface area contributed by atoms with E-state index >= 15 is 0 Å². The molecule has 1 aromatic carbocycles. The summed E-state index contributed by atoms with van der Waals surface area (Å²) in [5.41, 5.74) is 0.476. The van der Waals surface area contributed by atoms with Crippen LogP contribution in [-0.2, 0) is 4.74 Å². The van der Waals surface area contributed by atoms with E-state index in [1.54, 1.807) is 18.2 Å². The maximum atomic E-state index is 13.7. The van der Waals surface area contributed by atoms with Crippen LogP contribution in [0.3, 0.4) is 0 Å². The zero-order valence-corrected chi connectivity index (χ0v) is 10.8. The van der Waals surface area contributed by atoms with Crippen LogP contribution in [0.1, 0.15) is 26.7 Å². The van der Waals surface area contributed by atoms with Crippen LogP contribution in [0.5, 0.6) is 0 Å². The Morgan fingerprint density at radius 3 is 2.59 bits per heavy atom. The van der Waals surface area contributed by atoms with E-state index in [0.29, 0.717) is 5.69 Å². The minimum Gasteiger partial charge on any atom is -0.380 e. The van der Waals surface area contributed by atoms with Gasteiger partial charge in [0.05, 0.1) is 22.9 Å². The smallest absolute Gasteiger partial charge is 0.164 e. The molecule has 2 atom stereocenters. The molecule has 1 saturated heterocycles. The van der Waals surface area contributed by atoms with E-state index in [1.807, 2.05) is 13.8 Å². The van der Waals surface area contributed by atoms with E-state index < -0.39 is 0 Å². The first-order chi connectivity index (χ1) is 8.06. The molecule has 2 unspecified atom stereocenters. The summed E-state index contributed by atoms with van der Waals surface area (Å²) in [6, 6.07) is 5.25. The van der Waals surface area contributed by atoms with Gasteiger partial charge < -0.3 is 10.1 Å². The Kier molecular flexibility index (Phi) is 3.89. The quantitative estimate of drug-likeness (QED) is 0.869. The Morgan fingerprint density at radius 1 is 1.29 bits per heavy atom. The molecule has 0 aliphatic carbocycles. The zero-order chi connectivity index (χ0) is 12.4. The van der Waals surface area contributed by atoms with Gasteiger partial charge in [0, 0.05) is 6.04 Å². The molecule has 2 nitrogen and oxygen atoms in total. The van der Waals surface area contributed by atoms with E-state index in [9.17, 15) is 4.39 Å². The van der Waals surface area contributed by atoms with E-state index in [0.717, 1.165) is 12.8 Å². The summed E-state index contributed by atoms with van der Waals surface area (Å²) >= 11 is 5.75. The fourth-order valence-corrected chi connectivity index (χ4v) is 2.53. The Labute approximate surface area is 106 Å². The second-order valence-corrected chi connectivity index (χ2v) is 5.08. The number of halogens is 2. The average Bonchev–Trinajstić information content (AvgIpc) is 2.23. The molecule has 17 heavy (non-hydrogen) atoms. The van der Waals surface area contributed by atoms with Gasteiger partial charge >= 0.3 is 0 Å². The molecule has 1 aliphatic heterocycles. The summed E-state index contributed by atoms with van der Waals surface area (Å²) < 4.78 is 19.4. The monoisotopic (exact) mass is 257 g/mol. The van der Waals surface area contributed by atoms with Crippen molar-refractivity contribution >= 4 is 17.3 Å². The van der Waals surface area contributed by atoms with Gasteiger partial charge in [0.25, 0.3) is 0 Å². The highest BCUT2D eigenvalue weighted by Crippen LogP contribution is 2.26. The van der Waals surface area contributed by atoms with E-state index in [2.05, 4.69) is 5.32 Å². The summed E-state index contributed by atoms with van der Waals surface area (Å²) in [5.74, 6) is -0.374. The lowest BCUT2D eigenvalue weighted by molar-refractivity contribution is -0.0338. The normalized spacial score (nSPS) is 29.1. The number of nitrogens with one attached hydrogen (secondary N) is 1. The maximum Gasteiger partial charge on any atom is 0.164 e. The van der Waals surface area contributed by atoms with Crippen molar-refractivity contribution in [1.29, 1.82) is 0 Å². The number of benzene rings is 1. The van der Waals surface area contributed by atoms with Crippen LogP contribution < -0.4 is 5.32 Å². The predicted molar refractivity (Wildman–Crippen MR) is 68.1 cm³/mol. The standard InChI is InChI=1S/C13H17ClFNO/c1-8-6-10(7-9(2)17-8)16-12-5-3-4-11(14)13(12)15/h3-5,8-10,16H,6-7H2,1-2H3. The molecule has 1 N–H and O–H groups in total. The number of rotatable bonds is 2. The Bertz CT molecular complexity index is 389. The van der Waals surface area contributed by atoms with Gasteiger partial charge in [0.15, 0.2) is 5.82 Å². The third-order valence-electron chi connectivity index (χ3n) is 3.01. The van der Waals surface area contributed by atoms with Gasteiger partial charge in [0.2, 0.25) is 0 Å². The first-order valence-electron chi connectivity index (χ1n) is 5.92. The van der Waals surface area contributed by atoms with Crippen LogP contribution in [0.25, 0.3) is 0 Å². The van der Waals surface area contributed by atoms with Crippen molar-refractivity contribution in [3.8, 4) is 0 Å². The number of ether oxygens (including phenoxy) is 1. The highest BCUT2D eigenvalue weighted by molar-refractivity contribution is 6.31. The van der Waals surface area contributed by atoms with E-state index in [-0.39, 0.29) is 29.1 Å². The molecule has 1 aromatic rings. The summed E-state index contributed by atoms with van der Waals surface area (Å²) in [7, 11) is 0. The SMILES string of the molecule is CC1CC(Nc2cccc(Cl)c2F)CC(C)O1. The molecule has 1 aliphatic rings. The first-order valence-corrected chi connectivity index (χ1v) is 6.30. The van der Waals surface area contributed by atoms with Crippen LogP contribution in [-0.4, -0.2) is 18.2 Å². The highest BCUT2D eigenvalue weighted by atomic mass is 35.5. The molecule has 1 heterocycles. The predicted octanol–water partition coefficient (Wildman–Crippen LogP) is 3.85. The van der Waals surface area contributed by atoms with E-state index in [1.165, 1.54) is 0 Å². The van der Waals surface area contributed by atoms with Gasteiger partial charge in [-0.2, -0.15) is 0 Å². The molecular weight excluding hydrogens is 241 g/mol. The number of anilines is 1. The van der Waals surface area contributed by atoms with E-state index in [4.69, 9.17) is 16.3 Å². The lowest BCUT2D eigenvalue weighted by Crippen LogP contribution is -2.37. The van der Waals surface area contributed by atoms with Crippen molar-refractivity contribution in [2.45, 2.75) is 44.9 Å². The van der Waals surface area contributed by atoms with Crippen molar-refractivity contribution in [2.75, 3.05) is 5.32 Å². The topological polar surface area (TPSA) is 21.3 Å². The lowest BCUT2D eigenvalue weighted by Gasteiger charge is -2.33. The minimum absolute atomic E-state index is 0.156. The molecule has 0 spiro atoms. The fourth-order valence-electron chi connectivity index (χ4n) is 2.36. The van der Waals surface area contributed by atoms with Gasteiger partial charge in [-0.1, -0.05) is 17.7 Å². The van der Waals surface area contributed by atoms with Crippen LogP contribution >= 0.6 is 11.6 Å². The minimum atomic E-state index is -0.374. The van der Waals surface area contributed by atoms with Crippen molar-refractivity contribution < 1.29 is 9.13 Å². The van der Waals surface area contributed by atoms with Gasteiger partial charge in [-0.15, -0.1) is 0 Å². The van der Waals surface area contributed by atoms with Gasteiger partial charge in [-0.05, 0) is 38.8 Å². The molecule has 94 valence electrons. The van der Waals surface area contributed by atoms with Crippen molar-refractivity contribution in [3.63, 3.8) is 0 Å². The van der Waals surface area contributed by atoms with Crippen LogP contribution in [0.15, 0.2) is 18.2 Å². The van der Waals surface area contributed by atoms with Crippen molar-refractivity contribution in [2.24, 2.45) is 0 Å². The molecule has 0 saturated carbocycles. The third-order valence-corrected chi connectivity index (χ3v) is 3.30. The molecule has 4 heteroatoms. The largest absolute Gasteiger partial charge is 0.380 e. The van der Waals surface area contributed by atoms with Crippen LogP contribution in [0.4, 0.5) is 10.1 Å². The first kappa shape index (κ1) is 12.7. The molecule has 1 fully saturated rings. The molecule has 0 aromatic heterocycles. The maximum absolute atomic E-state index is 13.7. The summed E-state index contributed by atoms with van der Waals surface area (Å²) in [5, 5.41) is 3.37. The molecule has 0 radical (unpaired) electrons. The Hall–Kier alpha value is -0.800. The second kappa shape index (κ2) is 5.23. The zero-order valence-electron chi connectivity index (χ0n) is 10.0. The summed E-state index contributed by atoms with van der Waals surface area (Å²) in [6.45, 7) is 4.08. The van der Waals surface area contributed by atoms with Crippen LogP contribution in [0.2, 0.25) is 5.02 Å². The van der Waals surface area contributed by atoms with Gasteiger partial charge in [-0.3, -0.25) is 0 Å². The lowest BCUT2D eigenvalue weighted by atomic mass is 9.99. The number of hydrogen-bond donors (Lipinski definition) is 1. The third kappa shape index (κ3) is 3.11. The van der Waals surface area contributed by atoms with Gasteiger partial charge in [-0.25, -0.2) is 4.39 Å². The molecular formula is C13H17ClFNO. The molecule has 2 rings (SSSR count). The van der Waals surface area contributed by atoms with Crippen LogP contribution in [0, 0.1) is 5.82 Å². The van der Waals surface area contributed by atoms with Gasteiger partial charge in [0.1, 0.15) is 0 Å². The highest BCUT2D eigenvalue weighted by Gasteiger charge is 2.24. The summed E-state index contributed by atoms with van der Waals surface area (Å²) in [4.78, 5) is 0. The Balaban J connectivity index is 2.07. The average molecular weight is 258 g/mol.